The second kappa shape index (κ2) is 9.65. The molecule has 0 aliphatic rings. The molecule has 0 aliphatic carbocycles. The van der Waals surface area contributed by atoms with Crippen molar-refractivity contribution in [3.63, 3.8) is 0 Å². The molecule has 0 spiro atoms. The van der Waals surface area contributed by atoms with Crippen molar-refractivity contribution in [2.24, 2.45) is 5.73 Å². The first-order chi connectivity index (χ1) is 16.0. The number of nitrogens with zero attached hydrogens (tertiary/aromatic N) is 1. The number of halogens is 1. The molecule has 0 saturated heterocycles. The highest BCUT2D eigenvalue weighted by Crippen LogP contribution is 2.38. The van der Waals surface area contributed by atoms with Crippen molar-refractivity contribution in [3.8, 4) is 10.4 Å². The molecule has 0 unspecified atom stereocenters. The zero-order valence-electron chi connectivity index (χ0n) is 19.8. The first kappa shape index (κ1) is 26.7. The summed E-state index contributed by atoms with van der Waals surface area (Å²) in [6.07, 6.45) is 0. The number of rotatable bonds is 9. The predicted octanol–water partition coefficient (Wildman–Crippen LogP) is 3.70. The molecule has 0 bridgehead atoms. The Morgan fingerprint density at radius 1 is 1.14 bits per heavy atom. The number of thiophene rings is 1. The minimum absolute atomic E-state index is 0.123. The third-order valence-corrected chi connectivity index (χ3v) is 7.89. The monoisotopic (exact) mass is 521 g/mol. The summed E-state index contributed by atoms with van der Waals surface area (Å²) in [4.78, 5) is 16.8. The van der Waals surface area contributed by atoms with Crippen LogP contribution in [0.1, 0.15) is 49.3 Å². The van der Waals surface area contributed by atoms with Crippen LogP contribution < -0.4 is 11.1 Å². The van der Waals surface area contributed by atoms with E-state index in [-0.39, 0.29) is 28.4 Å². The van der Waals surface area contributed by atoms with Gasteiger partial charge in [0.15, 0.2) is 9.84 Å². The van der Waals surface area contributed by atoms with Crippen LogP contribution in [0.25, 0.3) is 10.4 Å². The fourth-order valence-electron chi connectivity index (χ4n) is 3.46. The average Bonchev–Trinajstić information content (AvgIpc) is 3.08. The van der Waals surface area contributed by atoms with Gasteiger partial charge in [0.1, 0.15) is 16.6 Å². The summed E-state index contributed by atoms with van der Waals surface area (Å²) in [5, 5.41) is 23.3. The molecule has 2 heterocycles. The van der Waals surface area contributed by atoms with E-state index >= 15 is 0 Å². The maximum Gasteiger partial charge on any atom is 0.251 e. The van der Waals surface area contributed by atoms with E-state index in [0.717, 1.165) is 11.3 Å². The van der Waals surface area contributed by atoms with Crippen molar-refractivity contribution in [1.82, 2.24) is 4.98 Å². The number of pyridine rings is 1. The molecule has 2 aromatic heterocycles. The summed E-state index contributed by atoms with van der Waals surface area (Å²) < 4.78 is 39.6. The number of carbonyl (C=O) groups is 1. The van der Waals surface area contributed by atoms with Crippen molar-refractivity contribution < 1.29 is 27.8 Å². The smallest absolute Gasteiger partial charge is 0.251 e. The fourth-order valence-corrected chi connectivity index (χ4v) is 6.34. The number of anilines is 2. The van der Waals surface area contributed by atoms with Crippen LogP contribution in [0.2, 0.25) is 0 Å². The third-order valence-electron chi connectivity index (χ3n) is 4.93. The Kier molecular flexibility index (Phi) is 7.37. The topological polar surface area (TPSA) is 143 Å². The highest BCUT2D eigenvalue weighted by Gasteiger charge is 2.25. The molecule has 0 atom stereocenters. The van der Waals surface area contributed by atoms with Gasteiger partial charge in [-0.05, 0) is 57.5 Å². The van der Waals surface area contributed by atoms with E-state index < -0.39 is 38.5 Å². The largest absolute Gasteiger partial charge is 0.389 e. The normalized spacial score (nSPS) is 12.5. The van der Waals surface area contributed by atoms with Gasteiger partial charge in [-0.2, -0.15) is 0 Å². The zero-order chi connectivity index (χ0) is 26.2. The highest BCUT2D eigenvalue weighted by molar-refractivity contribution is 7.90. The first-order valence-electron chi connectivity index (χ1n) is 10.7. The van der Waals surface area contributed by atoms with Crippen LogP contribution in [-0.2, 0) is 21.2 Å². The maximum atomic E-state index is 14.8. The minimum atomic E-state index is -3.63. The lowest BCUT2D eigenvalue weighted by Gasteiger charge is -2.18. The summed E-state index contributed by atoms with van der Waals surface area (Å²) >= 11 is 1.08. The number of amides is 1. The highest BCUT2D eigenvalue weighted by atomic mass is 32.2. The lowest BCUT2D eigenvalue weighted by Crippen LogP contribution is -2.30. The second-order valence-electron chi connectivity index (χ2n) is 9.46. The molecule has 1 aromatic carbocycles. The Morgan fingerprint density at radius 3 is 2.40 bits per heavy atom. The average molecular weight is 522 g/mol. The number of nitrogens with two attached hydrogens (primary N) is 1. The van der Waals surface area contributed by atoms with Gasteiger partial charge >= 0.3 is 0 Å². The summed E-state index contributed by atoms with van der Waals surface area (Å²) in [6.45, 7) is 5.93. The van der Waals surface area contributed by atoms with Crippen LogP contribution in [0, 0.1) is 5.82 Å². The molecule has 11 heteroatoms. The SMILES string of the molecule is CC(C)(O)CS(=O)(=O)Cc1cccc(Nc2sc(-c3ccc(C(C)(C)O)cc3F)cc2C(N)=O)n1. The number of primary amides is 1. The van der Waals surface area contributed by atoms with Crippen LogP contribution in [0.15, 0.2) is 42.5 Å². The van der Waals surface area contributed by atoms with Gasteiger partial charge in [-0.1, -0.05) is 18.2 Å². The zero-order valence-corrected chi connectivity index (χ0v) is 21.4. The van der Waals surface area contributed by atoms with E-state index in [2.05, 4.69) is 10.3 Å². The van der Waals surface area contributed by atoms with Crippen molar-refractivity contribution in [1.29, 1.82) is 0 Å². The predicted molar refractivity (Wildman–Crippen MR) is 135 cm³/mol. The minimum Gasteiger partial charge on any atom is -0.389 e. The standard InChI is InChI=1S/C24H28FN3O5S2/c1-23(2,30)13-35(32,33)12-15-6-5-7-20(27-15)28-22-17(21(26)29)11-19(34-22)16-9-8-14(10-18(16)25)24(3,4)31/h5-11,30-31H,12-13H2,1-4H3,(H2,26,29)(H,27,28). The number of nitrogens with one attached hydrogen (secondary N) is 1. The van der Waals surface area contributed by atoms with Gasteiger partial charge in [-0.3, -0.25) is 4.79 Å². The first-order valence-corrected chi connectivity index (χ1v) is 13.3. The van der Waals surface area contributed by atoms with Gasteiger partial charge in [-0.15, -0.1) is 11.3 Å². The molecule has 0 aliphatic heterocycles. The lowest BCUT2D eigenvalue weighted by molar-refractivity contribution is 0.0782. The van der Waals surface area contributed by atoms with Gasteiger partial charge in [0.05, 0.1) is 34.0 Å². The third kappa shape index (κ3) is 7.07. The quantitative estimate of drug-likeness (QED) is 0.336. The van der Waals surface area contributed by atoms with Gasteiger partial charge in [-0.25, -0.2) is 17.8 Å². The van der Waals surface area contributed by atoms with Crippen LogP contribution in [0.5, 0.6) is 0 Å². The number of carbonyl (C=O) groups excluding carboxylic acids is 1. The van der Waals surface area contributed by atoms with Gasteiger partial charge in [0, 0.05) is 10.4 Å². The van der Waals surface area contributed by atoms with E-state index in [0.29, 0.717) is 15.4 Å². The molecule has 3 aromatic rings. The molecule has 0 radical (unpaired) electrons. The van der Waals surface area contributed by atoms with Crippen LogP contribution in [0.4, 0.5) is 15.2 Å². The van der Waals surface area contributed by atoms with E-state index in [1.165, 1.54) is 32.0 Å². The molecule has 35 heavy (non-hydrogen) atoms. The lowest BCUT2D eigenvalue weighted by atomic mass is 9.96. The molecule has 188 valence electrons. The van der Waals surface area contributed by atoms with E-state index in [1.807, 2.05) is 0 Å². The van der Waals surface area contributed by atoms with E-state index in [9.17, 15) is 27.8 Å². The van der Waals surface area contributed by atoms with Gasteiger partial charge < -0.3 is 21.3 Å². The van der Waals surface area contributed by atoms with Crippen molar-refractivity contribution >= 4 is 37.9 Å². The van der Waals surface area contributed by atoms with Gasteiger partial charge in [0.2, 0.25) is 0 Å². The Labute approximate surface area is 207 Å². The number of sulfone groups is 1. The molecular formula is C24H28FN3O5S2. The maximum absolute atomic E-state index is 14.8. The number of aliphatic hydroxyl groups is 2. The van der Waals surface area contributed by atoms with Crippen molar-refractivity contribution in [3.05, 3.63) is 65.1 Å². The summed E-state index contributed by atoms with van der Waals surface area (Å²) in [5.41, 5.74) is 3.96. The Balaban J connectivity index is 1.91. The summed E-state index contributed by atoms with van der Waals surface area (Å²) in [5.74, 6) is -1.81. The molecule has 0 fully saturated rings. The molecular weight excluding hydrogens is 493 g/mol. The summed E-state index contributed by atoms with van der Waals surface area (Å²) in [7, 11) is -3.63. The van der Waals surface area contributed by atoms with E-state index in [1.54, 1.807) is 38.1 Å². The number of aromatic nitrogens is 1. The van der Waals surface area contributed by atoms with Crippen LogP contribution >= 0.6 is 11.3 Å². The Bertz CT molecular complexity index is 1360. The van der Waals surface area contributed by atoms with Crippen LogP contribution in [-0.4, -0.2) is 40.9 Å². The molecule has 8 nitrogen and oxygen atoms in total. The summed E-state index contributed by atoms with van der Waals surface area (Å²) in [6, 6.07) is 10.6. The Morgan fingerprint density at radius 2 is 1.83 bits per heavy atom. The molecule has 1 amide bonds. The van der Waals surface area contributed by atoms with Gasteiger partial charge in [0.25, 0.3) is 5.91 Å². The van der Waals surface area contributed by atoms with Crippen molar-refractivity contribution in [2.45, 2.75) is 44.6 Å². The number of hydrogen-bond donors (Lipinski definition) is 4. The Hall–Kier alpha value is -2.86. The second-order valence-corrected chi connectivity index (χ2v) is 12.6. The molecule has 3 rings (SSSR count). The van der Waals surface area contributed by atoms with Crippen LogP contribution in [0.3, 0.4) is 0 Å². The fraction of sp³-hybridized carbons (Fsp3) is 0.333. The van der Waals surface area contributed by atoms with Crippen molar-refractivity contribution in [2.75, 3.05) is 11.1 Å². The van der Waals surface area contributed by atoms with E-state index in [4.69, 9.17) is 5.73 Å². The molecule has 5 N–H and O–H groups in total. The number of benzene rings is 1. The molecule has 0 saturated carbocycles. The number of hydrogen-bond acceptors (Lipinski definition) is 8.